The van der Waals surface area contributed by atoms with Crippen molar-refractivity contribution in [3.63, 3.8) is 0 Å². The van der Waals surface area contributed by atoms with E-state index in [2.05, 4.69) is 20.9 Å². The lowest BCUT2D eigenvalue weighted by atomic mass is 10.2. The number of hydrogen-bond acceptors (Lipinski definition) is 4. The van der Waals surface area contributed by atoms with Crippen LogP contribution in [0.2, 0.25) is 0 Å². The number of urea groups is 1. The summed E-state index contributed by atoms with van der Waals surface area (Å²) in [5, 5.41) is 9.01. The number of rotatable bonds is 4. The maximum absolute atomic E-state index is 11.4. The van der Waals surface area contributed by atoms with E-state index in [1.807, 2.05) is 11.8 Å². The molecule has 1 atom stereocenters. The third-order valence-electron chi connectivity index (χ3n) is 3.29. The normalized spacial score (nSPS) is 22.6. The molecule has 2 aliphatic rings. The Balaban J connectivity index is 0.00000220. The van der Waals surface area contributed by atoms with Gasteiger partial charge in [-0.25, -0.2) is 4.79 Å². The van der Waals surface area contributed by atoms with Crippen LogP contribution in [-0.4, -0.2) is 67.0 Å². The number of carbonyl (C=O) groups is 2. The number of hydrogen-bond donors (Lipinski definition) is 3. The summed E-state index contributed by atoms with van der Waals surface area (Å²) in [6, 6.07) is 0.125. The number of halogens is 1. The van der Waals surface area contributed by atoms with E-state index in [1.165, 1.54) is 17.1 Å². The highest BCUT2D eigenvalue weighted by Gasteiger charge is 2.27. The van der Waals surface area contributed by atoms with Gasteiger partial charge in [-0.1, -0.05) is 0 Å². The monoisotopic (exact) mass is 427 g/mol. The third kappa shape index (κ3) is 5.53. The molecule has 2 heterocycles. The molecule has 9 heteroatoms. The molecule has 2 rings (SSSR count). The Morgan fingerprint density at radius 3 is 2.90 bits per heavy atom. The molecule has 7 nitrogen and oxygen atoms in total. The molecule has 0 aromatic heterocycles. The number of nitrogens with one attached hydrogen (secondary N) is 3. The van der Waals surface area contributed by atoms with Crippen molar-refractivity contribution in [2.75, 3.05) is 38.2 Å². The van der Waals surface area contributed by atoms with Gasteiger partial charge in [0.15, 0.2) is 5.96 Å². The first-order chi connectivity index (χ1) is 9.70. The fraction of sp³-hybridized carbons (Fsp3) is 0.750. The predicted molar refractivity (Wildman–Crippen MR) is 95.4 cm³/mol. The molecular weight excluding hydrogens is 405 g/mol. The quantitative estimate of drug-likeness (QED) is 0.259. The Labute approximate surface area is 146 Å². The summed E-state index contributed by atoms with van der Waals surface area (Å²) < 4.78 is 0. The smallest absolute Gasteiger partial charge is 0.324 e. The lowest BCUT2D eigenvalue weighted by Gasteiger charge is -2.24. The fourth-order valence-electron chi connectivity index (χ4n) is 2.21. The van der Waals surface area contributed by atoms with Crippen molar-refractivity contribution in [3.8, 4) is 0 Å². The molecule has 2 saturated heterocycles. The van der Waals surface area contributed by atoms with Crippen LogP contribution in [0.4, 0.5) is 4.79 Å². The van der Waals surface area contributed by atoms with Gasteiger partial charge in [-0.05, 0) is 18.6 Å². The summed E-state index contributed by atoms with van der Waals surface area (Å²) in [5.41, 5.74) is 0. The minimum absolute atomic E-state index is 0. The van der Waals surface area contributed by atoms with E-state index >= 15 is 0 Å². The second-order valence-electron chi connectivity index (χ2n) is 4.76. The molecule has 2 aliphatic heterocycles. The summed E-state index contributed by atoms with van der Waals surface area (Å²) >= 11 is 1.95. The Hall–Kier alpha value is -0.710. The Morgan fingerprint density at radius 2 is 2.33 bits per heavy atom. The van der Waals surface area contributed by atoms with Crippen molar-refractivity contribution >= 4 is 53.6 Å². The molecule has 0 aromatic carbocycles. The van der Waals surface area contributed by atoms with Gasteiger partial charge in [-0.15, -0.1) is 24.0 Å². The van der Waals surface area contributed by atoms with Gasteiger partial charge in [0.25, 0.3) is 0 Å². The predicted octanol–water partition coefficient (Wildman–Crippen LogP) is 0.217. The van der Waals surface area contributed by atoms with Crippen LogP contribution in [0.3, 0.4) is 0 Å². The number of thioether (sulfide) groups is 1. The van der Waals surface area contributed by atoms with Gasteiger partial charge < -0.3 is 16.0 Å². The van der Waals surface area contributed by atoms with Crippen LogP contribution in [-0.2, 0) is 4.79 Å². The maximum Gasteiger partial charge on any atom is 0.324 e. The van der Waals surface area contributed by atoms with E-state index in [0.717, 1.165) is 18.1 Å². The van der Waals surface area contributed by atoms with Crippen LogP contribution in [0.25, 0.3) is 0 Å². The SMILES string of the molecule is CN=C(NCCN1C(=O)CNC1=O)NC1CCCSC1.I. The zero-order chi connectivity index (χ0) is 14.4. The highest BCUT2D eigenvalue weighted by molar-refractivity contribution is 14.0. The lowest BCUT2D eigenvalue weighted by molar-refractivity contribution is -0.124. The van der Waals surface area contributed by atoms with Crippen LogP contribution in [0.5, 0.6) is 0 Å². The van der Waals surface area contributed by atoms with E-state index in [1.54, 1.807) is 7.05 Å². The van der Waals surface area contributed by atoms with E-state index in [9.17, 15) is 9.59 Å². The van der Waals surface area contributed by atoms with Crippen LogP contribution >= 0.6 is 35.7 Å². The summed E-state index contributed by atoms with van der Waals surface area (Å²) in [4.78, 5) is 28.2. The Kier molecular flexibility index (Phi) is 8.15. The molecule has 1 unspecified atom stereocenters. The highest BCUT2D eigenvalue weighted by Crippen LogP contribution is 2.16. The van der Waals surface area contributed by atoms with E-state index in [0.29, 0.717) is 19.1 Å². The number of aliphatic imine (C=N–C) groups is 1. The molecule has 2 fully saturated rings. The topological polar surface area (TPSA) is 85.8 Å². The molecule has 0 aliphatic carbocycles. The van der Waals surface area contributed by atoms with Crippen molar-refractivity contribution in [2.24, 2.45) is 4.99 Å². The van der Waals surface area contributed by atoms with Gasteiger partial charge in [0, 0.05) is 31.9 Å². The molecule has 0 saturated carbocycles. The molecule has 0 bridgehead atoms. The van der Waals surface area contributed by atoms with Gasteiger partial charge in [0.1, 0.15) is 0 Å². The van der Waals surface area contributed by atoms with Crippen LogP contribution < -0.4 is 16.0 Å². The largest absolute Gasteiger partial charge is 0.355 e. The fourth-order valence-corrected chi connectivity index (χ4v) is 3.28. The third-order valence-corrected chi connectivity index (χ3v) is 4.51. The van der Waals surface area contributed by atoms with Crippen molar-refractivity contribution in [1.29, 1.82) is 0 Å². The first-order valence-corrected chi connectivity index (χ1v) is 7.99. The van der Waals surface area contributed by atoms with Gasteiger partial charge in [0.05, 0.1) is 6.54 Å². The summed E-state index contributed by atoms with van der Waals surface area (Å²) in [6.45, 7) is 0.953. The Bertz CT molecular complexity index is 385. The minimum atomic E-state index is -0.316. The second kappa shape index (κ2) is 9.34. The lowest BCUT2D eigenvalue weighted by Crippen LogP contribution is -2.47. The van der Waals surface area contributed by atoms with Crippen molar-refractivity contribution in [3.05, 3.63) is 0 Å². The molecule has 120 valence electrons. The number of amides is 3. The van der Waals surface area contributed by atoms with Gasteiger partial charge >= 0.3 is 6.03 Å². The molecule has 21 heavy (non-hydrogen) atoms. The molecule has 0 spiro atoms. The van der Waals surface area contributed by atoms with E-state index < -0.39 is 0 Å². The number of carbonyl (C=O) groups excluding carboxylic acids is 2. The van der Waals surface area contributed by atoms with Gasteiger partial charge in [-0.3, -0.25) is 14.7 Å². The second-order valence-corrected chi connectivity index (χ2v) is 5.91. The first kappa shape index (κ1) is 18.3. The van der Waals surface area contributed by atoms with Crippen LogP contribution in [0.1, 0.15) is 12.8 Å². The summed E-state index contributed by atoms with van der Waals surface area (Å²) in [5.74, 6) is 2.87. The van der Waals surface area contributed by atoms with Crippen LogP contribution in [0.15, 0.2) is 4.99 Å². The number of imide groups is 1. The van der Waals surface area contributed by atoms with Crippen LogP contribution in [0, 0.1) is 0 Å². The average molecular weight is 427 g/mol. The summed E-state index contributed by atoms with van der Waals surface area (Å²) in [7, 11) is 1.72. The van der Waals surface area contributed by atoms with Crippen molar-refractivity contribution in [1.82, 2.24) is 20.9 Å². The molecule has 3 amide bonds. The minimum Gasteiger partial charge on any atom is -0.355 e. The number of nitrogens with zero attached hydrogens (tertiary/aromatic N) is 2. The Morgan fingerprint density at radius 1 is 1.52 bits per heavy atom. The van der Waals surface area contributed by atoms with E-state index in [4.69, 9.17) is 0 Å². The van der Waals surface area contributed by atoms with Crippen molar-refractivity contribution < 1.29 is 9.59 Å². The first-order valence-electron chi connectivity index (χ1n) is 6.84. The molecule has 0 aromatic rings. The average Bonchev–Trinajstić information content (AvgIpc) is 2.79. The highest BCUT2D eigenvalue weighted by atomic mass is 127. The number of guanidine groups is 1. The standard InChI is InChI=1S/C12H21N5O2S.HI/c1-13-11(16-9-3-2-6-20-8-9)14-4-5-17-10(18)7-15-12(17)19;/h9H,2-8H2,1H3,(H,15,19)(H2,13,14,16);1H. The van der Waals surface area contributed by atoms with Gasteiger partial charge in [-0.2, -0.15) is 11.8 Å². The summed E-state index contributed by atoms with van der Waals surface area (Å²) in [6.07, 6.45) is 2.38. The molecule has 0 radical (unpaired) electrons. The van der Waals surface area contributed by atoms with Crippen molar-refractivity contribution in [2.45, 2.75) is 18.9 Å². The molecule has 3 N–H and O–H groups in total. The van der Waals surface area contributed by atoms with Gasteiger partial charge in [0.2, 0.25) is 5.91 Å². The maximum atomic E-state index is 11.4. The zero-order valence-corrected chi connectivity index (χ0v) is 15.2. The molecular formula is C12H22IN5O2S. The van der Waals surface area contributed by atoms with E-state index in [-0.39, 0.29) is 42.5 Å². The zero-order valence-electron chi connectivity index (χ0n) is 12.1.